The van der Waals surface area contributed by atoms with Gasteiger partial charge in [-0.1, -0.05) is 11.6 Å². The number of nitrogens with two attached hydrogens (primary N) is 1. The van der Waals surface area contributed by atoms with Gasteiger partial charge in [0.25, 0.3) is 0 Å². The standard InChI is InChI=1S/C18H23ClN4O3/c1-25-15-9-14-13(17(19)23-10-22-14)8-16(15)26-12-4-2-11(3-5-12)18(24)21-7-6-20/h8-12H,2-7,20H2,1H3,(H,21,24). The Morgan fingerprint density at radius 2 is 2.04 bits per heavy atom. The van der Waals surface area contributed by atoms with E-state index in [2.05, 4.69) is 15.3 Å². The average Bonchev–Trinajstić information content (AvgIpc) is 2.67. The second-order valence-corrected chi connectivity index (χ2v) is 6.71. The van der Waals surface area contributed by atoms with Gasteiger partial charge in [0.05, 0.1) is 18.7 Å². The maximum absolute atomic E-state index is 12.1. The molecule has 1 saturated carbocycles. The molecule has 3 N–H and O–H groups in total. The van der Waals surface area contributed by atoms with Crippen LogP contribution < -0.4 is 20.5 Å². The van der Waals surface area contributed by atoms with E-state index in [-0.39, 0.29) is 17.9 Å². The molecule has 0 radical (unpaired) electrons. The third kappa shape index (κ3) is 4.16. The minimum Gasteiger partial charge on any atom is -0.493 e. The molecule has 0 bridgehead atoms. The van der Waals surface area contributed by atoms with Crippen molar-refractivity contribution in [2.24, 2.45) is 11.7 Å². The number of benzene rings is 1. The lowest BCUT2D eigenvalue weighted by Crippen LogP contribution is -2.37. The summed E-state index contributed by atoms with van der Waals surface area (Å²) in [6, 6.07) is 3.61. The lowest BCUT2D eigenvalue weighted by Gasteiger charge is -2.28. The van der Waals surface area contributed by atoms with Crippen molar-refractivity contribution in [3.8, 4) is 11.5 Å². The van der Waals surface area contributed by atoms with Gasteiger partial charge in [0, 0.05) is 30.5 Å². The van der Waals surface area contributed by atoms with E-state index in [0.717, 1.165) is 31.1 Å². The van der Waals surface area contributed by atoms with Crippen LogP contribution in [0.4, 0.5) is 0 Å². The first-order valence-electron chi connectivity index (χ1n) is 8.75. The minimum atomic E-state index is 0.0303. The van der Waals surface area contributed by atoms with Gasteiger partial charge in [-0.15, -0.1) is 0 Å². The third-order valence-electron chi connectivity index (χ3n) is 4.65. The fourth-order valence-electron chi connectivity index (χ4n) is 3.25. The highest BCUT2D eigenvalue weighted by Gasteiger charge is 2.27. The Morgan fingerprint density at radius 3 is 2.73 bits per heavy atom. The van der Waals surface area contributed by atoms with Crippen LogP contribution in [-0.2, 0) is 4.79 Å². The summed E-state index contributed by atoms with van der Waals surface area (Å²) < 4.78 is 11.6. The molecule has 1 aliphatic rings. The van der Waals surface area contributed by atoms with Crippen LogP contribution in [0.15, 0.2) is 18.5 Å². The number of aromatic nitrogens is 2. The molecule has 1 amide bonds. The summed E-state index contributed by atoms with van der Waals surface area (Å²) in [5.41, 5.74) is 6.13. The number of hydrogen-bond acceptors (Lipinski definition) is 6. The second kappa shape index (κ2) is 8.51. The van der Waals surface area contributed by atoms with E-state index >= 15 is 0 Å². The van der Waals surface area contributed by atoms with Crippen LogP contribution in [0.5, 0.6) is 11.5 Å². The molecule has 0 spiro atoms. The van der Waals surface area contributed by atoms with E-state index < -0.39 is 0 Å². The predicted octanol–water partition coefficient (Wildman–Crippen LogP) is 2.30. The fourth-order valence-corrected chi connectivity index (χ4v) is 3.44. The molecule has 140 valence electrons. The largest absolute Gasteiger partial charge is 0.493 e. The van der Waals surface area contributed by atoms with Crippen molar-refractivity contribution in [2.45, 2.75) is 31.8 Å². The van der Waals surface area contributed by atoms with E-state index in [1.807, 2.05) is 6.07 Å². The smallest absolute Gasteiger partial charge is 0.223 e. The molecule has 0 unspecified atom stereocenters. The highest BCUT2D eigenvalue weighted by atomic mass is 35.5. The van der Waals surface area contributed by atoms with Crippen molar-refractivity contribution >= 4 is 28.4 Å². The Bertz CT molecular complexity index is 778. The van der Waals surface area contributed by atoms with E-state index in [9.17, 15) is 4.79 Å². The number of carbonyl (C=O) groups excluding carboxylic acids is 1. The van der Waals surface area contributed by atoms with Crippen molar-refractivity contribution in [1.29, 1.82) is 0 Å². The number of methoxy groups -OCH3 is 1. The molecule has 0 atom stereocenters. The second-order valence-electron chi connectivity index (χ2n) is 6.36. The van der Waals surface area contributed by atoms with Crippen molar-refractivity contribution < 1.29 is 14.3 Å². The molecule has 8 heteroatoms. The lowest BCUT2D eigenvalue weighted by atomic mass is 9.86. The molecule has 2 aromatic rings. The number of rotatable bonds is 6. The number of amides is 1. The highest BCUT2D eigenvalue weighted by molar-refractivity contribution is 6.34. The molecular formula is C18H23ClN4O3. The van der Waals surface area contributed by atoms with Crippen LogP contribution in [0, 0.1) is 5.92 Å². The normalized spacial score (nSPS) is 20.0. The van der Waals surface area contributed by atoms with Gasteiger partial charge >= 0.3 is 0 Å². The molecule has 1 aromatic heterocycles. The van der Waals surface area contributed by atoms with Gasteiger partial charge < -0.3 is 20.5 Å². The zero-order valence-corrected chi connectivity index (χ0v) is 15.5. The number of fused-ring (bicyclic) bond motifs is 1. The van der Waals surface area contributed by atoms with E-state index in [0.29, 0.717) is 35.3 Å². The Kier molecular flexibility index (Phi) is 6.11. The SMILES string of the molecule is COc1cc2ncnc(Cl)c2cc1OC1CCC(C(=O)NCCN)CC1. The zero-order chi connectivity index (χ0) is 18.5. The van der Waals surface area contributed by atoms with Crippen LogP contribution in [0.25, 0.3) is 10.9 Å². The van der Waals surface area contributed by atoms with Crippen LogP contribution in [0.1, 0.15) is 25.7 Å². The summed E-state index contributed by atoms with van der Waals surface area (Å²) in [6.45, 7) is 0.977. The first-order chi connectivity index (χ1) is 12.6. The van der Waals surface area contributed by atoms with Crippen molar-refractivity contribution in [3.63, 3.8) is 0 Å². The number of ether oxygens (including phenoxy) is 2. The van der Waals surface area contributed by atoms with Gasteiger partial charge in [-0.05, 0) is 31.7 Å². The highest BCUT2D eigenvalue weighted by Crippen LogP contribution is 2.36. The number of halogens is 1. The summed E-state index contributed by atoms with van der Waals surface area (Å²) in [5, 5.41) is 3.96. The van der Waals surface area contributed by atoms with Gasteiger partial charge in [0.15, 0.2) is 11.5 Å². The molecule has 1 aromatic carbocycles. The Hall–Kier alpha value is -2.12. The molecule has 1 fully saturated rings. The van der Waals surface area contributed by atoms with Gasteiger partial charge in [-0.2, -0.15) is 0 Å². The van der Waals surface area contributed by atoms with Crippen molar-refractivity contribution in [1.82, 2.24) is 15.3 Å². The van der Waals surface area contributed by atoms with Crippen LogP contribution in [0.2, 0.25) is 5.15 Å². The monoisotopic (exact) mass is 378 g/mol. The maximum atomic E-state index is 12.1. The average molecular weight is 379 g/mol. The Morgan fingerprint density at radius 1 is 1.27 bits per heavy atom. The lowest BCUT2D eigenvalue weighted by molar-refractivity contribution is -0.126. The predicted molar refractivity (Wildman–Crippen MR) is 99.5 cm³/mol. The topological polar surface area (TPSA) is 99.4 Å². The first kappa shape index (κ1) is 18.7. The molecule has 1 heterocycles. The molecular weight excluding hydrogens is 356 g/mol. The van der Waals surface area contributed by atoms with E-state index in [1.54, 1.807) is 13.2 Å². The summed E-state index contributed by atoms with van der Waals surface area (Å²) in [7, 11) is 1.59. The number of hydrogen-bond donors (Lipinski definition) is 2. The van der Waals surface area contributed by atoms with Crippen molar-refractivity contribution in [3.05, 3.63) is 23.6 Å². The number of nitrogens with one attached hydrogen (secondary N) is 1. The summed E-state index contributed by atoms with van der Waals surface area (Å²) in [5.74, 6) is 1.34. The summed E-state index contributed by atoms with van der Waals surface area (Å²) in [6.07, 6.45) is 4.65. The van der Waals surface area contributed by atoms with Gasteiger partial charge in [-0.25, -0.2) is 9.97 Å². The van der Waals surface area contributed by atoms with Crippen LogP contribution in [0.3, 0.4) is 0 Å². The third-order valence-corrected chi connectivity index (χ3v) is 4.96. The molecule has 1 aliphatic carbocycles. The molecule has 7 nitrogen and oxygen atoms in total. The quantitative estimate of drug-likeness (QED) is 0.748. The van der Waals surface area contributed by atoms with Gasteiger partial charge in [0.1, 0.15) is 11.5 Å². The van der Waals surface area contributed by atoms with Gasteiger partial charge in [-0.3, -0.25) is 4.79 Å². The Balaban J connectivity index is 1.68. The molecule has 26 heavy (non-hydrogen) atoms. The van der Waals surface area contributed by atoms with E-state index in [4.69, 9.17) is 26.8 Å². The van der Waals surface area contributed by atoms with Crippen LogP contribution in [-0.4, -0.2) is 42.2 Å². The minimum absolute atomic E-state index is 0.0303. The molecule has 3 rings (SSSR count). The summed E-state index contributed by atoms with van der Waals surface area (Å²) in [4.78, 5) is 20.3. The number of nitrogens with zero attached hydrogens (tertiary/aromatic N) is 2. The van der Waals surface area contributed by atoms with Crippen molar-refractivity contribution in [2.75, 3.05) is 20.2 Å². The Labute approximate surface area is 157 Å². The molecule has 0 aliphatic heterocycles. The maximum Gasteiger partial charge on any atom is 0.223 e. The first-order valence-corrected chi connectivity index (χ1v) is 9.13. The fraction of sp³-hybridized carbons (Fsp3) is 0.500. The van der Waals surface area contributed by atoms with Gasteiger partial charge in [0.2, 0.25) is 5.91 Å². The van der Waals surface area contributed by atoms with E-state index in [1.165, 1.54) is 6.33 Å². The molecule has 0 saturated heterocycles. The summed E-state index contributed by atoms with van der Waals surface area (Å²) >= 11 is 6.16. The zero-order valence-electron chi connectivity index (χ0n) is 14.7. The van der Waals surface area contributed by atoms with Crippen LogP contribution >= 0.6 is 11.6 Å². The number of carbonyl (C=O) groups is 1.